The third kappa shape index (κ3) is 4.51. The molecule has 2 fully saturated rings. The van der Waals surface area contributed by atoms with Gasteiger partial charge in [0.05, 0.1) is 5.92 Å². The predicted octanol–water partition coefficient (Wildman–Crippen LogP) is 2.95. The van der Waals surface area contributed by atoms with E-state index in [0.29, 0.717) is 13.0 Å². The zero-order chi connectivity index (χ0) is 20.2. The average molecular weight is 392 g/mol. The van der Waals surface area contributed by atoms with Crippen molar-refractivity contribution in [1.29, 1.82) is 0 Å². The van der Waals surface area contributed by atoms with Crippen molar-refractivity contribution in [2.75, 3.05) is 37.6 Å². The van der Waals surface area contributed by atoms with Crippen LogP contribution in [0.3, 0.4) is 0 Å². The maximum absolute atomic E-state index is 13.0. The minimum Gasteiger partial charge on any atom is -0.340 e. The lowest BCUT2D eigenvalue weighted by Gasteiger charge is -2.36. The van der Waals surface area contributed by atoms with E-state index < -0.39 is 0 Å². The standard InChI is InChI=1S/C24H29N3O2/c1-2-19-8-10-22(11-9-19)27-18-21(16-23(27)28)24(29)26-14-12-25(13-15-26)17-20-6-4-3-5-7-20/h3-11,21H,2,12-18H2,1H3/t21-/m1/s1. The number of amides is 2. The van der Waals surface area contributed by atoms with Gasteiger partial charge in [0.15, 0.2) is 0 Å². The van der Waals surface area contributed by atoms with Crippen LogP contribution < -0.4 is 4.90 Å². The first-order valence-corrected chi connectivity index (χ1v) is 10.6. The molecule has 2 aliphatic rings. The molecular formula is C24H29N3O2. The highest BCUT2D eigenvalue weighted by Gasteiger charge is 2.37. The Morgan fingerprint density at radius 2 is 1.62 bits per heavy atom. The Labute approximate surface area is 172 Å². The van der Waals surface area contributed by atoms with E-state index in [2.05, 4.69) is 48.2 Å². The largest absolute Gasteiger partial charge is 0.340 e. The molecule has 0 aromatic heterocycles. The third-order valence-electron chi connectivity index (χ3n) is 6.06. The summed E-state index contributed by atoms with van der Waals surface area (Å²) >= 11 is 0. The second-order valence-electron chi connectivity index (χ2n) is 8.01. The van der Waals surface area contributed by atoms with Crippen LogP contribution in [0.15, 0.2) is 54.6 Å². The summed E-state index contributed by atoms with van der Waals surface area (Å²) < 4.78 is 0. The van der Waals surface area contributed by atoms with Crippen molar-refractivity contribution in [3.8, 4) is 0 Å². The molecule has 29 heavy (non-hydrogen) atoms. The van der Waals surface area contributed by atoms with Gasteiger partial charge in [-0.05, 0) is 29.7 Å². The molecule has 5 heteroatoms. The lowest BCUT2D eigenvalue weighted by Crippen LogP contribution is -2.50. The summed E-state index contributed by atoms with van der Waals surface area (Å²) in [5.41, 5.74) is 3.45. The number of hydrogen-bond donors (Lipinski definition) is 0. The quantitative estimate of drug-likeness (QED) is 0.787. The van der Waals surface area contributed by atoms with Gasteiger partial charge in [-0.2, -0.15) is 0 Å². The first kappa shape index (κ1) is 19.6. The molecule has 0 N–H and O–H groups in total. The smallest absolute Gasteiger partial charge is 0.228 e. The van der Waals surface area contributed by atoms with Crippen LogP contribution in [0.25, 0.3) is 0 Å². The van der Waals surface area contributed by atoms with Gasteiger partial charge in [0.2, 0.25) is 11.8 Å². The number of hydrogen-bond acceptors (Lipinski definition) is 3. The SMILES string of the molecule is CCc1ccc(N2C[C@H](C(=O)N3CCN(Cc4ccccc4)CC3)CC2=O)cc1. The van der Waals surface area contributed by atoms with Crippen LogP contribution in [-0.2, 0) is 22.6 Å². The van der Waals surface area contributed by atoms with Crippen molar-refractivity contribution in [1.82, 2.24) is 9.80 Å². The lowest BCUT2D eigenvalue weighted by atomic mass is 10.1. The minimum absolute atomic E-state index is 0.0512. The third-order valence-corrected chi connectivity index (χ3v) is 6.06. The first-order chi connectivity index (χ1) is 14.1. The number of anilines is 1. The van der Waals surface area contributed by atoms with Crippen LogP contribution in [0.4, 0.5) is 5.69 Å². The molecule has 1 atom stereocenters. The number of benzene rings is 2. The Bertz CT molecular complexity index is 842. The molecule has 0 aliphatic carbocycles. The molecule has 0 bridgehead atoms. The Hall–Kier alpha value is -2.66. The molecule has 0 radical (unpaired) electrons. The van der Waals surface area contributed by atoms with Crippen LogP contribution >= 0.6 is 0 Å². The molecule has 0 unspecified atom stereocenters. The zero-order valence-corrected chi connectivity index (χ0v) is 17.1. The number of carbonyl (C=O) groups is 2. The summed E-state index contributed by atoms with van der Waals surface area (Å²) in [5, 5.41) is 0. The van der Waals surface area contributed by atoms with E-state index in [9.17, 15) is 9.59 Å². The predicted molar refractivity (Wildman–Crippen MR) is 115 cm³/mol. The van der Waals surface area contributed by atoms with Gasteiger partial charge < -0.3 is 9.80 Å². The molecule has 5 nitrogen and oxygen atoms in total. The van der Waals surface area contributed by atoms with Crippen molar-refractivity contribution in [3.05, 3.63) is 65.7 Å². The minimum atomic E-state index is -0.228. The van der Waals surface area contributed by atoms with E-state index in [1.807, 2.05) is 23.1 Å². The molecule has 2 amide bonds. The van der Waals surface area contributed by atoms with Gasteiger partial charge >= 0.3 is 0 Å². The summed E-state index contributed by atoms with van der Waals surface area (Å²) in [5.74, 6) is -0.0465. The Morgan fingerprint density at radius 3 is 2.28 bits per heavy atom. The van der Waals surface area contributed by atoms with Gasteiger partial charge in [-0.1, -0.05) is 49.4 Å². The number of carbonyl (C=O) groups excluding carboxylic acids is 2. The summed E-state index contributed by atoms with van der Waals surface area (Å²) in [4.78, 5) is 31.7. The fourth-order valence-corrected chi connectivity index (χ4v) is 4.26. The molecular weight excluding hydrogens is 362 g/mol. The molecule has 2 saturated heterocycles. The van der Waals surface area contributed by atoms with E-state index in [1.54, 1.807) is 4.90 Å². The van der Waals surface area contributed by atoms with Crippen molar-refractivity contribution in [2.24, 2.45) is 5.92 Å². The van der Waals surface area contributed by atoms with Crippen LogP contribution in [0.5, 0.6) is 0 Å². The summed E-state index contributed by atoms with van der Waals surface area (Å²) in [7, 11) is 0. The van der Waals surface area contributed by atoms with E-state index in [-0.39, 0.29) is 17.7 Å². The number of rotatable bonds is 5. The fourth-order valence-electron chi connectivity index (χ4n) is 4.26. The second kappa shape index (κ2) is 8.78. The summed E-state index contributed by atoms with van der Waals surface area (Å²) in [6, 6.07) is 18.5. The maximum Gasteiger partial charge on any atom is 0.228 e. The normalized spacial score (nSPS) is 20.3. The molecule has 2 aromatic rings. The van der Waals surface area contributed by atoms with Gasteiger partial charge in [0, 0.05) is 51.4 Å². The van der Waals surface area contributed by atoms with Crippen molar-refractivity contribution >= 4 is 17.5 Å². The Kier molecular flexibility index (Phi) is 5.95. The lowest BCUT2D eigenvalue weighted by molar-refractivity contribution is -0.137. The molecule has 152 valence electrons. The van der Waals surface area contributed by atoms with E-state index in [4.69, 9.17) is 0 Å². The van der Waals surface area contributed by atoms with Crippen molar-refractivity contribution in [2.45, 2.75) is 26.3 Å². The van der Waals surface area contributed by atoms with Crippen LogP contribution in [0, 0.1) is 5.92 Å². The molecule has 0 saturated carbocycles. The molecule has 4 rings (SSSR count). The second-order valence-corrected chi connectivity index (χ2v) is 8.01. The van der Waals surface area contributed by atoms with Gasteiger partial charge in [0.1, 0.15) is 0 Å². The van der Waals surface area contributed by atoms with Crippen molar-refractivity contribution < 1.29 is 9.59 Å². The molecule has 2 aromatic carbocycles. The van der Waals surface area contributed by atoms with Crippen molar-refractivity contribution in [3.63, 3.8) is 0 Å². The van der Waals surface area contributed by atoms with Crippen LogP contribution in [0.1, 0.15) is 24.5 Å². The molecule has 0 spiro atoms. The fraction of sp³-hybridized carbons (Fsp3) is 0.417. The van der Waals surface area contributed by atoms with Crippen LogP contribution in [-0.4, -0.2) is 54.3 Å². The highest BCUT2D eigenvalue weighted by Crippen LogP contribution is 2.27. The topological polar surface area (TPSA) is 43.9 Å². The number of nitrogens with zero attached hydrogens (tertiary/aromatic N) is 3. The van der Waals surface area contributed by atoms with Crippen LogP contribution in [0.2, 0.25) is 0 Å². The van der Waals surface area contributed by atoms with E-state index >= 15 is 0 Å². The summed E-state index contributed by atoms with van der Waals surface area (Å²) in [6.07, 6.45) is 1.30. The Morgan fingerprint density at radius 1 is 0.931 bits per heavy atom. The molecule has 2 heterocycles. The first-order valence-electron chi connectivity index (χ1n) is 10.6. The van der Waals surface area contributed by atoms with E-state index in [1.165, 1.54) is 11.1 Å². The number of aryl methyl sites for hydroxylation is 1. The maximum atomic E-state index is 13.0. The number of piperazine rings is 1. The monoisotopic (exact) mass is 391 g/mol. The highest BCUT2D eigenvalue weighted by molar-refractivity contribution is 6.00. The average Bonchev–Trinajstić information content (AvgIpc) is 3.16. The molecule has 2 aliphatic heterocycles. The van der Waals surface area contributed by atoms with Gasteiger partial charge in [-0.15, -0.1) is 0 Å². The van der Waals surface area contributed by atoms with Gasteiger partial charge in [-0.25, -0.2) is 0 Å². The van der Waals surface area contributed by atoms with Gasteiger partial charge in [-0.3, -0.25) is 14.5 Å². The summed E-state index contributed by atoms with van der Waals surface area (Å²) in [6.45, 7) is 6.76. The van der Waals surface area contributed by atoms with Gasteiger partial charge in [0.25, 0.3) is 0 Å². The zero-order valence-electron chi connectivity index (χ0n) is 17.1. The Balaban J connectivity index is 1.31. The highest BCUT2D eigenvalue weighted by atomic mass is 16.2. The van der Waals surface area contributed by atoms with E-state index in [0.717, 1.165) is 44.8 Å².